The molecular weight excluding hydrogens is 434 g/mol. The van der Waals surface area contributed by atoms with E-state index >= 15 is 0 Å². The Bertz CT molecular complexity index is 919. The van der Waals surface area contributed by atoms with E-state index in [1.54, 1.807) is 12.3 Å². The molecule has 5 nitrogen and oxygen atoms in total. The Labute approximate surface area is 167 Å². The number of aromatic nitrogens is 1. The van der Waals surface area contributed by atoms with Crippen molar-refractivity contribution in [3.05, 3.63) is 67.3 Å². The zero-order valence-corrected chi connectivity index (χ0v) is 17.1. The molecule has 8 heteroatoms. The van der Waals surface area contributed by atoms with Gasteiger partial charge in [0, 0.05) is 26.8 Å². The summed E-state index contributed by atoms with van der Waals surface area (Å²) in [6.07, 6.45) is 2.52. The van der Waals surface area contributed by atoms with Gasteiger partial charge in [0.1, 0.15) is 0 Å². The van der Waals surface area contributed by atoms with Crippen LogP contribution in [-0.4, -0.2) is 23.3 Å². The third-order valence-corrected chi connectivity index (χ3v) is 5.91. The molecule has 0 atom stereocenters. The van der Waals surface area contributed by atoms with Gasteiger partial charge in [-0.1, -0.05) is 28.1 Å². The van der Waals surface area contributed by atoms with Crippen LogP contribution in [0.1, 0.15) is 25.0 Å². The predicted molar refractivity (Wildman–Crippen MR) is 109 cm³/mol. The fourth-order valence-corrected chi connectivity index (χ4v) is 4.13. The molecule has 3 rings (SSSR count). The van der Waals surface area contributed by atoms with Crippen LogP contribution in [0.3, 0.4) is 0 Å². The molecule has 0 fully saturated rings. The molecule has 3 aromatic rings. The molecule has 0 aliphatic rings. The third kappa shape index (κ3) is 5.23. The third-order valence-electron chi connectivity index (χ3n) is 3.47. The highest BCUT2D eigenvalue weighted by molar-refractivity contribution is 9.10. The summed E-state index contributed by atoms with van der Waals surface area (Å²) in [7, 11) is 0. The number of thiazole rings is 1. The topological polar surface area (TPSA) is 71.1 Å². The Morgan fingerprint density at radius 1 is 1.12 bits per heavy atom. The molecule has 0 bridgehead atoms. The van der Waals surface area contributed by atoms with E-state index in [9.17, 15) is 9.59 Å². The van der Waals surface area contributed by atoms with Crippen LogP contribution in [0.25, 0.3) is 0 Å². The van der Waals surface area contributed by atoms with E-state index < -0.39 is 0 Å². The zero-order valence-electron chi connectivity index (χ0n) is 13.9. The summed E-state index contributed by atoms with van der Waals surface area (Å²) >= 11 is 6.24. The summed E-state index contributed by atoms with van der Waals surface area (Å²) in [4.78, 5) is 30.9. The number of carbonyl (C=O) groups excluding carboxylic acids is 2. The lowest BCUT2D eigenvalue weighted by molar-refractivity contribution is -0.115. The quantitative estimate of drug-likeness (QED) is 0.591. The summed E-state index contributed by atoms with van der Waals surface area (Å²) < 4.78 is 1.04. The number of nitrogens with one attached hydrogen (secondary N) is 2. The lowest BCUT2D eigenvalue weighted by Crippen LogP contribution is -2.32. The van der Waals surface area contributed by atoms with E-state index in [4.69, 9.17) is 0 Å². The molecule has 0 aliphatic heterocycles. The number of thiophene rings is 1. The second-order valence-electron chi connectivity index (χ2n) is 5.58. The number of hydrogen-bond donors (Lipinski definition) is 2. The number of amides is 2. The smallest absolute Gasteiger partial charge is 0.261 e. The van der Waals surface area contributed by atoms with Crippen molar-refractivity contribution < 1.29 is 9.59 Å². The number of hydrogen-bond acceptors (Lipinski definition) is 5. The molecule has 2 aromatic heterocycles. The number of nitrogens with zero attached hydrogens (tertiary/aromatic N) is 1. The van der Waals surface area contributed by atoms with Gasteiger partial charge in [0.2, 0.25) is 5.91 Å². The molecular formula is C18H16BrN3O2S2. The van der Waals surface area contributed by atoms with Crippen LogP contribution in [0, 0.1) is 6.92 Å². The van der Waals surface area contributed by atoms with E-state index in [-0.39, 0.29) is 18.4 Å². The van der Waals surface area contributed by atoms with Gasteiger partial charge in [-0.15, -0.1) is 22.7 Å². The van der Waals surface area contributed by atoms with E-state index in [0.717, 1.165) is 20.6 Å². The first-order valence-electron chi connectivity index (χ1n) is 7.83. The normalized spacial score (nSPS) is 10.5. The molecule has 2 amide bonds. The predicted octanol–water partition coefficient (Wildman–Crippen LogP) is 4.23. The molecule has 2 heterocycles. The summed E-state index contributed by atoms with van der Waals surface area (Å²) in [5, 5.41) is 5.87. The minimum atomic E-state index is -0.295. The van der Waals surface area contributed by atoms with Crippen molar-refractivity contribution in [2.24, 2.45) is 0 Å². The highest BCUT2D eigenvalue weighted by Crippen LogP contribution is 2.22. The van der Waals surface area contributed by atoms with Crippen LogP contribution in [0.2, 0.25) is 0 Å². The molecule has 0 aliphatic carbocycles. The molecule has 134 valence electrons. The average molecular weight is 450 g/mol. The standard InChI is InChI=1S/C18H16BrN3O2S2/c1-11-2-7-15(25-11)17(24)20-10-16(23)22-18-21-9-14(26-18)8-12-3-5-13(19)6-4-12/h2-7,9H,8,10H2,1H3,(H,20,24)(H,21,22,23). The van der Waals surface area contributed by atoms with Gasteiger partial charge in [-0.05, 0) is 36.8 Å². The van der Waals surface area contributed by atoms with Gasteiger partial charge < -0.3 is 10.6 Å². The molecule has 2 N–H and O–H groups in total. The van der Waals surface area contributed by atoms with Gasteiger partial charge in [0.15, 0.2) is 5.13 Å². The summed E-state index contributed by atoms with van der Waals surface area (Å²) in [6, 6.07) is 11.7. The van der Waals surface area contributed by atoms with Crippen molar-refractivity contribution >= 4 is 55.5 Å². The van der Waals surface area contributed by atoms with Crippen molar-refractivity contribution in [2.45, 2.75) is 13.3 Å². The average Bonchev–Trinajstić information content (AvgIpc) is 3.24. The van der Waals surface area contributed by atoms with Crippen LogP contribution < -0.4 is 10.6 Å². The molecule has 0 saturated carbocycles. The number of aryl methyl sites for hydroxylation is 1. The van der Waals surface area contributed by atoms with E-state index in [1.165, 1.54) is 28.2 Å². The van der Waals surface area contributed by atoms with Crippen LogP contribution in [0.5, 0.6) is 0 Å². The Hall–Kier alpha value is -2.03. The van der Waals surface area contributed by atoms with Crippen molar-refractivity contribution in [3.63, 3.8) is 0 Å². The lowest BCUT2D eigenvalue weighted by Gasteiger charge is -2.03. The monoisotopic (exact) mass is 449 g/mol. The summed E-state index contributed by atoms with van der Waals surface area (Å²) in [5.41, 5.74) is 1.17. The molecule has 0 radical (unpaired) electrons. The van der Waals surface area contributed by atoms with Gasteiger partial charge in [-0.3, -0.25) is 9.59 Å². The molecule has 1 aromatic carbocycles. The lowest BCUT2D eigenvalue weighted by atomic mass is 10.1. The number of rotatable bonds is 6. The number of carbonyl (C=O) groups is 2. The highest BCUT2D eigenvalue weighted by atomic mass is 79.9. The van der Waals surface area contributed by atoms with Crippen molar-refractivity contribution in [1.82, 2.24) is 10.3 Å². The van der Waals surface area contributed by atoms with Crippen molar-refractivity contribution in [1.29, 1.82) is 0 Å². The summed E-state index contributed by atoms with van der Waals surface area (Å²) in [5.74, 6) is -0.538. The number of halogens is 1. The number of benzene rings is 1. The van der Waals surface area contributed by atoms with E-state index in [2.05, 4.69) is 31.5 Å². The molecule has 0 spiro atoms. The van der Waals surface area contributed by atoms with Crippen LogP contribution >= 0.6 is 38.6 Å². The van der Waals surface area contributed by atoms with Crippen molar-refractivity contribution in [3.8, 4) is 0 Å². The zero-order chi connectivity index (χ0) is 18.5. The SMILES string of the molecule is Cc1ccc(C(=O)NCC(=O)Nc2ncc(Cc3ccc(Br)cc3)s2)s1. The Kier molecular flexibility index (Phi) is 6.18. The largest absolute Gasteiger partial charge is 0.342 e. The van der Waals surface area contributed by atoms with E-state index in [1.807, 2.05) is 37.3 Å². The first-order chi connectivity index (χ1) is 12.5. The van der Waals surface area contributed by atoms with Crippen LogP contribution in [-0.2, 0) is 11.2 Å². The van der Waals surface area contributed by atoms with Gasteiger partial charge in [0.05, 0.1) is 11.4 Å². The second kappa shape index (κ2) is 8.57. The van der Waals surface area contributed by atoms with Gasteiger partial charge in [0.25, 0.3) is 5.91 Å². The maximum atomic E-state index is 12.0. The Morgan fingerprint density at radius 3 is 2.58 bits per heavy atom. The molecule has 0 saturated heterocycles. The second-order valence-corrected chi connectivity index (χ2v) is 8.89. The fourth-order valence-electron chi connectivity index (χ4n) is 2.22. The van der Waals surface area contributed by atoms with Crippen LogP contribution in [0.4, 0.5) is 5.13 Å². The first kappa shape index (κ1) is 18.8. The Morgan fingerprint density at radius 2 is 1.88 bits per heavy atom. The van der Waals surface area contributed by atoms with Crippen molar-refractivity contribution in [2.75, 3.05) is 11.9 Å². The fraction of sp³-hybridized carbons (Fsp3) is 0.167. The van der Waals surface area contributed by atoms with Gasteiger partial charge >= 0.3 is 0 Å². The van der Waals surface area contributed by atoms with E-state index in [0.29, 0.717) is 10.0 Å². The maximum absolute atomic E-state index is 12.0. The summed E-state index contributed by atoms with van der Waals surface area (Å²) in [6.45, 7) is 1.85. The first-order valence-corrected chi connectivity index (χ1v) is 10.3. The minimum absolute atomic E-state index is 0.0859. The molecule has 0 unspecified atom stereocenters. The minimum Gasteiger partial charge on any atom is -0.342 e. The highest BCUT2D eigenvalue weighted by Gasteiger charge is 2.11. The molecule has 26 heavy (non-hydrogen) atoms. The Balaban J connectivity index is 1.49. The van der Waals surface area contributed by atoms with Gasteiger partial charge in [-0.25, -0.2) is 4.98 Å². The van der Waals surface area contributed by atoms with Gasteiger partial charge in [-0.2, -0.15) is 0 Å². The number of anilines is 1. The maximum Gasteiger partial charge on any atom is 0.261 e. The van der Waals surface area contributed by atoms with Crippen LogP contribution in [0.15, 0.2) is 47.1 Å².